The number of amides is 1. The van der Waals surface area contributed by atoms with Crippen LogP contribution in [0.3, 0.4) is 0 Å². The van der Waals surface area contributed by atoms with Crippen molar-refractivity contribution in [2.45, 2.75) is 50.4 Å². The molecule has 2 N–H and O–H groups in total. The van der Waals surface area contributed by atoms with E-state index in [1.807, 2.05) is 6.92 Å². The van der Waals surface area contributed by atoms with Crippen LogP contribution in [0.1, 0.15) is 43.2 Å². The largest absolute Gasteiger partial charge is 0.416 e. The first kappa shape index (κ1) is 16.3. The van der Waals surface area contributed by atoms with Crippen LogP contribution in [0.25, 0.3) is 0 Å². The lowest BCUT2D eigenvalue weighted by Gasteiger charge is -2.38. The fourth-order valence-electron chi connectivity index (χ4n) is 3.59. The lowest BCUT2D eigenvalue weighted by atomic mass is 9.97. The Balaban J connectivity index is 1.76. The summed E-state index contributed by atoms with van der Waals surface area (Å²) < 4.78 is 39.4. The number of hydrogen-bond donors (Lipinski definition) is 1. The SMILES string of the molecule is C[C@@H]1[C@H](N)CCCN1C(=O)[C@@H]1C[C@H]1c1ccccc1C(F)(F)F. The van der Waals surface area contributed by atoms with Crippen molar-refractivity contribution in [3.63, 3.8) is 0 Å². The van der Waals surface area contributed by atoms with Crippen LogP contribution in [-0.4, -0.2) is 29.4 Å². The van der Waals surface area contributed by atoms with E-state index in [-0.39, 0.29) is 35.4 Å². The smallest absolute Gasteiger partial charge is 0.338 e. The second-order valence-electron chi connectivity index (χ2n) is 6.61. The first-order valence-corrected chi connectivity index (χ1v) is 8.03. The van der Waals surface area contributed by atoms with Gasteiger partial charge in [-0.3, -0.25) is 4.79 Å². The third kappa shape index (κ3) is 3.09. The Bertz CT molecular complexity index is 602. The molecule has 0 bridgehead atoms. The highest BCUT2D eigenvalue weighted by Gasteiger charge is 2.50. The van der Waals surface area contributed by atoms with Crippen molar-refractivity contribution in [2.24, 2.45) is 11.7 Å². The summed E-state index contributed by atoms with van der Waals surface area (Å²) in [5.41, 5.74) is 5.63. The lowest BCUT2D eigenvalue weighted by Crippen LogP contribution is -2.53. The van der Waals surface area contributed by atoms with Gasteiger partial charge in [0.15, 0.2) is 0 Å². The van der Waals surface area contributed by atoms with Crippen molar-refractivity contribution in [3.8, 4) is 0 Å². The van der Waals surface area contributed by atoms with Crippen molar-refractivity contribution < 1.29 is 18.0 Å². The zero-order chi connectivity index (χ0) is 16.8. The van der Waals surface area contributed by atoms with Crippen molar-refractivity contribution in [2.75, 3.05) is 6.54 Å². The van der Waals surface area contributed by atoms with Gasteiger partial charge in [0, 0.05) is 24.5 Å². The van der Waals surface area contributed by atoms with Crippen LogP contribution in [0.5, 0.6) is 0 Å². The molecule has 1 aromatic carbocycles. The number of alkyl halides is 3. The van der Waals surface area contributed by atoms with E-state index in [2.05, 4.69) is 0 Å². The zero-order valence-corrected chi connectivity index (χ0v) is 13.0. The molecule has 3 nitrogen and oxygen atoms in total. The Morgan fingerprint density at radius 1 is 1.30 bits per heavy atom. The highest BCUT2D eigenvalue weighted by atomic mass is 19.4. The van der Waals surface area contributed by atoms with Gasteiger partial charge in [-0.25, -0.2) is 0 Å². The third-order valence-corrected chi connectivity index (χ3v) is 5.10. The van der Waals surface area contributed by atoms with Gasteiger partial charge in [0.2, 0.25) is 5.91 Å². The van der Waals surface area contributed by atoms with Crippen molar-refractivity contribution in [3.05, 3.63) is 35.4 Å². The van der Waals surface area contributed by atoms with Gasteiger partial charge in [0.25, 0.3) is 0 Å². The molecule has 1 aliphatic heterocycles. The van der Waals surface area contributed by atoms with Crippen molar-refractivity contribution in [1.82, 2.24) is 4.90 Å². The van der Waals surface area contributed by atoms with Gasteiger partial charge in [-0.15, -0.1) is 0 Å². The van der Waals surface area contributed by atoms with Crippen LogP contribution in [0, 0.1) is 5.92 Å². The van der Waals surface area contributed by atoms with Crippen LogP contribution >= 0.6 is 0 Å². The molecule has 1 amide bonds. The van der Waals surface area contributed by atoms with Crippen molar-refractivity contribution >= 4 is 5.91 Å². The zero-order valence-electron chi connectivity index (χ0n) is 13.0. The van der Waals surface area contributed by atoms with Gasteiger partial charge in [0.05, 0.1) is 5.56 Å². The number of piperidine rings is 1. The maximum Gasteiger partial charge on any atom is 0.416 e. The molecule has 1 saturated carbocycles. The molecule has 1 saturated heterocycles. The molecule has 0 radical (unpaired) electrons. The Labute approximate surface area is 133 Å². The Morgan fingerprint density at radius 2 is 2.00 bits per heavy atom. The van der Waals surface area contributed by atoms with Gasteiger partial charge < -0.3 is 10.6 Å². The van der Waals surface area contributed by atoms with E-state index in [0.717, 1.165) is 18.9 Å². The second kappa shape index (κ2) is 5.82. The first-order chi connectivity index (χ1) is 10.8. The van der Waals surface area contributed by atoms with Gasteiger partial charge in [-0.1, -0.05) is 18.2 Å². The molecule has 0 unspecified atom stereocenters. The molecule has 6 heteroatoms. The summed E-state index contributed by atoms with van der Waals surface area (Å²) in [6.07, 6.45) is -2.15. The number of halogens is 3. The van der Waals surface area contributed by atoms with Crippen LogP contribution in [0.4, 0.5) is 13.2 Å². The maximum absolute atomic E-state index is 13.1. The van der Waals surface area contributed by atoms with E-state index in [1.54, 1.807) is 11.0 Å². The van der Waals surface area contributed by atoms with Gasteiger partial charge in [-0.05, 0) is 43.7 Å². The monoisotopic (exact) mass is 326 g/mol. The topological polar surface area (TPSA) is 46.3 Å². The Morgan fingerprint density at radius 3 is 2.70 bits per heavy atom. The highest BCUT2D eigenvalue weighted by Crippen LogP contribution is 2.52. The summed E-state index contributed by atoms with van der Waals surface area (Å²) in [6, 6.07) is 5.48. The molecule has 0 aromatic heterocycles. The maximum atomic E-state index is 13.1. The summed E-state index contributed by atoms with van der Waals surface area (Å²) in [4.78, 5) is 14.4. The van der Waals surface area contributed by atoms with E-state index >= 15 is 0 Å². The Hall–Kier alpha value is -1.56. The first-order valence-electron chi connectivity index (χ1n) is 8.03. The molecule has 0 spiro atoms. The molecule has 126 valence electrons. The number of hydrogen-bond acceptors (Lipinski definition) is 2. The van der Waals surface area contributed by atoms with E-state index < -0.39 is 11.7 Å². The van der Waals surface area contributed by atoms with Gasteiger partial charge in [-0.2, -0.15) is 13.2 Å². The number of benzene rings is 1. The molecule has 2 fully saturated rings. The standard InChI is InChI=1S/C17H21F3N2O/c1-10-15(21)7-4-8-22(10)16(23)13-9-12(13)11-5-2-3-6-14(11)17(18,19)20/h2-3,5-6,10,12-13,15H,4,7-9,21H2,1H3/t10-,12+,13-,15-/m1/s1. The minimum atomic E-state index is -4.38. The molecular formula is C17H21F3N2O. The molecule has 1 aromatic rings. The molecule has 3 rings (SSSR count). The minimum absolute atomic E-state index is 0.0460. The van der Waals surface area contributed by atoms with Gasteiger partial charge in [0.1, 0.15) is 0 Å². The van der Waals surface area contributed by atoms with E-state index in [0.29, 0.717) is 13.0 Å². The summed E-state index contributed by atoms with van der Waals surface area (Å²) in [7, 11) is 0. The van der Waals surface area contributed by atoms with Crippen LogP contribution in [0.15, 0.2) is 24.3 Å². The molecule has 4 atom stereocenters. The number of nitrogens with two attached hydrogens (primary N) is 1. The molecule has 1 aliphatic carbocycles. The summed E-state index contributed by atoms with van der Waals surface area (Å²) >= 11 is 0. The number of carbonyl (C=O) groups excluding carboxylic acids is 1. The number of rotatable bonds is 2. The number of carbonyl (C=O) groups is 1. The number of nitrogens with zero attached hydrogens (tertiary/aromatic N) is 1. The van der Waals surface area contributed by atoms with E-state index in [4.69, 9.17) is 5.73 Å². The second-order valence-corrected chi connectivity index (χ2v) is 6.61. The summed E-state index contributed by atoms with van der Waals surface area (Å²) in [5, 5.41) is 0. The number of likely N-dealkylation sites (tertiary alicyclic amines) is 1. The minimum Gasteiger partial charge on any atom is -0.338 e. The average Bonchev–Trinajstić information content (AvgIpc) is 3.29. The van der Waals surface area contributed by atoms with Gasteiger partial charge >= 0.3 is 6.18 Å². The summed E-state index contributed by atoms with van der Waals surface area (Å²) in [6.45, 7) is 2.57. The average molecular weight is 326 g/mol. The third-order valence-electron chi connectivity index (χ3n) is 5.10. The lowest BCUT2D eigenvalue weighted by molar-refractivity contribution is -0.139. The molecular weight excluding hydrogens is 305 g/mol. The van der Waals surface area contributed by atoms with Crippen LogP contribution in [0.2, 0.25) is 0 Å². The Kier molecular flexibility index (Phi) is 4.12. The summed E-state index contributed by atoms with van der Waals surface area (Å²) in [5.74, 6) is -0.716. The predicted molar refractivity (Wildman–Crippen MR) is 80.7 cm³/mol. The molecule has 1 heterocycles. The van der Waals surface area contributed by atoms with Crippen LogP contribution < -0.4 is 5.73 Å². The molecule has 2 aliphatic rings. The fraction of sp³-hybridized carbons (Fsp3) is 0.588. The molecule has 23 heavy (non-hydrogen) atoms. The van der Waals surface area contributed by atoms with E-state index in [9.17, 15) is 18.0 Å². The fourth-order valence-corrected chi connectivity index (χ4v) is 3.59. The van der Waals surface area contributed by atoms with Crippen LogP contribution in [-0.2, 0) is 11.0 Å². The highest BCUT2D eigenvalue weighted by molar-refractivity contribution is 5.83. The van der Waals surface area contributed by atoms with E-state index in [1.165, 1.54) is 12.1 Å². The van der Waals surface area contributed by atoms with Crippen molar-refractivity contribution in [1.29, 1.82) is 0 Å². The normalized spacial score (nSPS) is 31.1. The predicted octanol–water partition coefficient (Wildman–Crippen LogP) is 3.15. The quantitative estimate of drug-likeness (QED) is 0.907.